The highest BCUT2D eigenvalue weighted by Crippen LogP contribution is 2.43. The van der Waals surface area contributed by atoms with E-state index in [1.807, 2.05) is 0 Å². The van der Waals surface area contributed by atoms with Crippen LogP contribution in [0.5, 0.6) is 0 Å². The number of allylic oxidation sites excluding steroid dienone is 1. The van der Waals surface area contributed by atoms with Crippen LogP contribution in [0, 0.1) is 11.8 Å². The lowest BCUT2D eigenvalue weighted by Crippen LogP contribution is -2.29. The van der Waals surface area contributed by atoms with Gasteiger partial charge in [-0.2, -0.15) is 0 Å². The van der Waals surface area contributed by atoms with Gasteiger partial charge in [0.25, 0.3) is 0 Å². The molecule has 1 unspecified atom stereocenters. The van der Waals surface area contributed by atoms with Crippen molar-refractivity contribution >= 4 is 19.8 Å². The van der Waals surface area contributed by atoms with Crippen LogP contribution >= 0.6 is 7.82 Å². The fourth-order valence-corrected chi connectivity index (χ4v) is 7.58. The molecule has 0 radical (unpaired) electrons. The number of rotatable bonds is 36. The third-order valence-corrected chi connectivity index (χ3v) is 11.2. The predicted octanol–water partition coefficient (Wildman–Crippen LogP) is 7.38. The summed E-state index contributed by atoms with van der Waals surface area (Å²) >= 11 is 0. The minimum atomic E-state index is -4.71. The zero-order valence-electron chi connectivity index (χ0n) is 34.4. The Kier molecular flexibility index (Phi) is 31.0. The molecule has 328 valence electrons. The van der Waals surface area contributed by atoms with Crippen LogP contribution in [0.3, 0.4) is 0 Å². The Morgan fingerprint density at radius 2 is 1.29 bits per heavy atom. The molecule has 8 atom stereocenters. The first-order chi connectivity index (χ1) is 26.9. The van der Waals surface area contributed by atoms with E-state index in [4.69, 9.17) is 19.1 Å². The summed E-state index contributed by atoms with van der Waals surface area (Å²) in [4.78, 5) is 35.2. The van der Waals surface area contributed by atoms with Crippen LogP contribution in [0.25, 0.3) is 0 Å². The maximum Gasteiger partial charge on any atom is 0.472 e. The van der Waals surface area contributed by atoms with Crippen molar-refractivity contribution in [3.05, 3.63) is 24.3 Å². The van der Waals surface area contributed by atoms with Crippen LogP contribution in [-0.4, -0.2) is 99.3 Å². The molecule has 0 aromatic rings. The number of aliphatic hydroxyl groups is 5. The summed E-state index contributed by atoms with van der Waals surface area (Å²) in [7, 11) is -4.71. The number of ether oxygens (including phenoxy) is 2. The van der Waals surface area contributed by atoms with Crippen molar-refractivity contribution in [1.82, 2.24) is 0 Å². The zero-order chi connectivity index (χ0) is 41.4. The van der Waals surface area contributed by atoms with Crippen LogP contribution in [0.2, 0.25) is 0 Å². The Hall–Kier alpha value is -1.67. The van der Waals surface area contributed by atoms with Crippen molar-refractivity contribution in [2.75, 3.05) is 26.4 Å². The van der Waals surface area contributed by atoms with E-state index < -0.39 is 76.7 Å². The molecular weight excluding hydrogens is 743 g/mol. The average Bonchev–Trinajstić information content (AvgIpc) is 3.44. The van der Waals surface area contributed by atoms with Crippen LogP contribution < -0.4 is 0 Å². The van der Waals surface area contributed by atoms with Crippen molar-refractivity contribution in [3.8, 4) is 0 Å². The van der Waals surface area contributed by atoms with Crippen molar-refractivity contribution in [2.24, 2.45) is 11.8 Å². The Balaban J connectivity index is 2.53. The quantitative estimate of drug-likeness (QED) is 0.0158. The van der Waals surface area contributed by atoms with E-state index in [0.717, 1.165) is 38.5 Å². The van der Waals surface area contributed by atoms with Crippen LogP contribution in [-0.2, 0) is 32.7 Å². The lowest BCUT2D eigenvalue weighted by atomic mass is 9.89. The summed E-state index contributed by atoms with van der Waals surface area (Å²) in [5.74, 6) is -1.90. The minimum absolute atomic E-state index is 0.179. The molecular formula is C42H77O13P. The summed E-state index contributed by atoms with van der Waals surface area (Å²) in [5, 5.41) is 49.7. The van der Waals surface area contributed by atoms with Crippen molar-refractivity contribution in [1.29, 1.82) is 0 Å². The fourth-order valence-electron chi connectivity index (χ4n) is 6.79. The van der Waals surface area contributed by atoms with Gasteiger partial charge in [0.15, 0.2) is 6.10 Å². The van der Waals surface area contributed by atoms with Gasteiger partial charge in [-0.05, 0) is 25.2 Å². The van der Waals surface area contributed by atoms with Crippen LogP contribution in [0.15, 0.2) is 24.3 Å². The second-order valence-electron chi connectivity index (χ2n) is 15.4. The topological polar surface area (TPSA) is 210 Å². The summed E-state index contributed by atoms with van der Waals surface area (Å²) in [6.07, 6.45) is 24.1. The van der Waals surface area contributed by atoms with E-state index in [9.17, 15) is 39.5 Å². The van der Waals surface area contributed by atoms with E-state index in [-0.39, 0.29) is 31.1 Å². The summed E-state index contributed by atoms with van der Waals surface area (Å²) in [6, 6.07) is 0. The largest absolute Gasteiger partial charge is 0.472 e. The first-order valence-corrected chi connectivity index (χ1v) is 23.0. The maximum absolute atomic E-state index is 12.7. The Labute approximate surface area is 336 Å². The highest BCUT2D eigenvalue weighted by Gasteiger charge is 2.39. The number of esters is 2. The predicted molar refractivity (Wildman–Crippen MR) is 216 cm³/mol. The maximum atomic E-state index is 12.7. The van der Waals surface area contributed by atoms with Gasteiger partial charge >= 0.3 is 19.8 Å². The van der Waals surface area contributed by atoms with Gasteiger partial charge < -0.3 is 39.9 Å². The standard InChI is InChI=1S/C42H77O13P/c1-3-5-7-8-9-10-11-12-13-14-15-16-17-18-20-25-41(48)52-32-36(33-54-56(50,51)53-31-35(45)30-43)55-42(49)26-22-21-24-37-38(40(47)29-39(37)46)28-27-34(44)23-19-6-4-2/h21-22,27-28,34-40,43-47H,3-20,23-26,29-33H2,1-2H3,(H,50,51)/b22-21-,28-27+/t34-,35+,36-,37+,38-,39+,40-/m1/s1. The average molecular weight is 821 g/mol. The molecule has 1 saturated carbocycles. The van der Waals surface area contributed by atoms with Crippen molar-refractivity contribution in [3.63, 3.8) is 0 Å². The lowest BCUT2D eigenvalue weighted by Gasteiger charge is -2.20. The van der Waals surface area contributed by atoms with Gasteiger partial charge in [0.05, 0.1) is 44.6 Å². The van der Waals surface area contributed by atoms with Gasteiger partial charge in [-0.15, -0.1) is 0 Å². The molecule has 0 aliphatic heterocycles. The first kappa shape index (κ1) is 52.3. The number of unbranched alkanes of at least 4 members (excludes halogenated alkanes) is 16. The highest BCUT2D eigenvalue weighted by atomic mass is 31.2. The Morgan fingerprint density at radius 3 is 1.88 bits per heavy atom. The molecule has 0 heterocycles. The SMILES string of the molecule is CCCCCCCCCCCCCCCCCC(=O)OC[C@H](COP(=O)(O)OC[C@@H](O)CO)OC(=O)C/C=C\C[C@H]1[C@@H](/C=C/[C@H](O)CCCCC)[C@H](O)C[C@@H]1O. The molecule has 13 nitrogen and oxygen atoms in total. The second kappa shape index (κ2) is 33.2. The molecule has 0 aromatic carbocycles. The van der Waals surface area contributed by atoms with E-state index >= 15 is 0 Å². The molecule has 0 bridgehead atoms. The summed E-state index contributed by atoms with van der Waals surface area (Å²) < 4.78 is 32.6. The number of carbonyl (C=O) groups is 2. The molecule has 1 fully saturated rings. The van der Waals surface area contributed by atoms with E-state index in [1.165, 1.54) is 70.6 Å². The van der Waals surface area contributed by atoms with E-state index in [2.05, 4.69) is 18.4 Å². The van der Waals surface area contributed by atoms with Crippen molar-refractivity contribution in [2.45, 2.75) is 192 Å². The van der Waals surface area contributed by atoms with Gasteiger partial charge in [-0.3, -0.25) is 18.6 Å². The van der Waals surface area contributed by atoms with Gasteiger partial charge in [-0.25, -0.2) is 4.57 Å². The van der Waals surface area contributed by atoms with Crippen molar-refractivity contribution < 1.29 is 63.1 Å². The molecule has 1 aliphatic carbocycles. The van der Waals surface area contributed by atoms with E-state index in [1.54, 1.807) is 24.3 Å². The molecule has 0 saturated heterocycles. The molecule has 0 amide bonds. The first-order valence-electron chi connectivity index (χ1n) is 21.6. The number of carbonyl (C=O) groups excluding carboxylic acids is 2. The smallest absolute Gasteiger partial charge is 0.462 e. The Morgan fingerprint density at radius 1 is 0.732 bits per heavy atom. The summed E-state index contributed by atoms with van der Waals surface area (Å²) in [6.45, 7) is 1.90. The number of aliphatic hydroxyl groups excluding tert-OH is 5. The second-order valence-corrected chi connectivity index (χ2v) is 16.8. The van der Waals surface area contributed by atoms with Gasteiger partial charge in [0.1, 0.15) is 12.7 Å². The summed E-state index contributed by atoms with van der Waals surface area (Å²) in [5.41, 5.74) is 0. The van der Waals surface area contributed by atoms with Gasteiger partial charge in [0.2, 0.25) is 0 Å². The molecule has 0 spiro atoms. The lowest BCUT2D eigenvalue weighted by molar-refractivity contribution is -0.160. The number of hydrogen-bond donors (Lipinski definition) is 6. The molecule has 1 aliphatic rings. The molecule has 1 rings (SSSR count). The van der Waals surface area contributed by atoms with Crippen LogP contribution in [0.1, 0.15) is 162 Å². The third-order valence-electron chi connectivity index (χ3n) is 10.2. The molecule has 56 heavy (non-hydrogen) atoms. The van der Waals surface area contributed by atoms with Gasteiger partial charge in [0, 0.05) is 18.8 Å². The normalized spacial score (nSPS) is 21.4. The molecule has 14 heteroatoms. The molecule has 0 aromatic heterocycles. The Bertz CT molecular complexity index is 1100. The number of hydrogen-bond acceptors (Lipinski definition) is 12. The highest BCUT2D eigenvalue weighted by molar-refractivity contribution is 7.47. The zero-order valence-corrected chi connectivity index (χ0v) is 35.3. The minimum Gasteiger partial charge on any atom is -0.462 e. The van der Waals surface area contributed by atoms with Crippen LogP contribution in [0.4, 0.5) is 0 Å². The van der Waals surface area contributed by atoms with Gasteiger partial charge in [-0.1, -0.05) is 147 Å². The van der Waals surface area contributed by atoms with E-state index in [0.29, 0.717) is 19.3 Å². The fraction of sp³-hybridized carbons (Fsp3) is 0.857. The number of phosphoric acid groups is 1. The number of phosphoric ester groups is 1. The monoisotopic (exact) mass is 821 g/mol. The third kappa shape index (κ3) is 27.1. The molecule has 6 N–H and O–H groups in total.